The molecule has 1 fully saturated rings. The Labute approximate surface area is 190 Å². The molecule has 182 valence electrons. The smallest absolute Gasteiger partial charge is 0.341 e. The molecule has 0 saturated carbocycles. The van der Waals surface area contributed by atoms with Crippen molar-refractivity contribution in [3.05, 3.63) is 27.9 Å². The fraction of sp³-hybridized carbons (Fsp3) is 0.619. The van der Waals surface area contributed by atoms with E-state index in [2.05, 4.69) is 10.2 Å². The molecule has 0 spiro atoms. The van der Waals surface area contributed by atoms with E-state index in [0.717, 1.165) is 6.29 Å². The third-order valence-corrected chi connectivity index (χ3v) is 4.92. The number of carboxylic acids is 1. The van der Waals surface area contributed by atoms with E-state index in [1.807, 2.05) is 0 Å². The minimum Gasteiger partial charge on any atom is -0.477 e. The van der Waals surface area contributed by atoms with Crippen LogP contribution in [0, 0.1) is 4.91 Å². The van der Waals surface area contributed by atoms with Crippen molar-refractivity contribution in [3.63, 3.8) is 0 Å². The number of aldehydes is 1. The van der Waals surface area contributed by atoms with Crippen molar-refractivity contribution < 1.29 is 43.2 Å². The average Bonchev–Trinajstić information content (AvgIpc) is 2.82. The van der Waals surface area contributed by atoms with Crippen molar-refractivity contribution in [2.75, 3.05) is 40.1 Å². The second-order valence-corrected chi connectivity index (χ2v) is 7.26. The van der Waals surface area contributed by atoms with E-state index in [9.17, 15) is 24.4 Å². The highest BCUT2D eigenvalue weighted by molar-refractivity contribution is 5.92. The molecule has 1 saturated heterocycles. The number of hydrogen-bond donors (Lipinski definition) is 1. The molecule has 1 aliphatic rings. The van der Waals surface area contributed by atoms with Crippen molar-refractivity contribution in [3.8, 4) is 5.75 Å². The first-order valence-electron chi connectivity index (χ1n) is 10.5. The first-order chi connectivity index (χ1) is 16.0. The summed E-state index contributed by atoms with van der Waals surface area (Å²) in [7, 11) is 1.49. The minimum absolute atomic E-state index is 0.0602. The Balaban J connectivity index is 2.30. The van der Waals surface area contributed by atoms with Gasteiger partial charge in [0.25, 0.3) is 0 Å². The predicted octanol–water partition coefficient (Wildman–Crippen LogP) is 1.66. The molecule has 0 atom stereocenters. The van der Waals surface area contributed by atoms with Crippen molar-refractivity contribution >= 4 is 18.2 Å². The maximum atomic E-state index is 12.2. The number of esters is 1. The van der Waals surface area contributed by atoms with Crippen molar-refractivity contribution in [1.29, 1.82) is 0 Å². The lowest BCUT2D eigenvalue weighted by Gasteiger charge is -2.32. The number of rotatable bonds is 15. The van der Waals surface area contributed by atoms with Crippen LogP contribution in [0.15, 0.2) is 11.4 Å². The van der Waals surface area contributed by atoms with E-state index in [-0.39, 0.29) is 62.7 Å². The average molecular weight is 468 g/mol. The van der Waals surface area contributed by atoms with Crippen LogP contribution in [0.1, 0.15) is 47.3 Å². The summed E-state index contributed by atoms with van der Waals surface area (Å²) >= 11 is 0. The molecule has 2 rings (SSSR count). The van der Waals surface area contributed by atoms with Crippen LogP contribution in [-0.2, 0) is 41.6 Å². The molecule has 1 aromatic rings. The highest BCUT2D eigenvalue weighted by Crippen LogP contribution is 2.35. The maximum Gasteiger partial charge on any atom is 0.341 e. The number of carbonyl (C=O) groups is 3. The van der Waals surface area contributed by atoms with Crippen LogP contribution in [0.2, 0.25) is 0 Å². The number of unbranched alkanes of at least 4 members (excludes halogenated alkanes) is 1. The molecule has 12 heteroatoms. The highest BCUT2D eigenvalue weighted by Gasteiger charge is 2.39. The van der Waals surface area contributed by atoms with Crippen molar-refractivity contribution in [1.82, 2.24) is 4.98 Å². The lowest BCUT2D eigenvalue weighted by molar-refractivity contribution is -0.150. The van der Waals surface area contributed by atoms with Gasteiger partial charge < -0.3 is 33.6 Å². The Bertz CT molecular complexity index is 824. The zero-order chi connectivity index (χ0) is 24.1. The van der Waals surface area contributed by atoms with Gasteiger partial charge in [0.05, 0.1) is 32.1 Å². The van der Waals surface area contributed by atoms with E-state index in [1.165, 1.54) is 13.3 Å². The van der Waals surface area contributed by atoms with Gasteiger partial charge in [-0.2, -0.15) is 0 Å². The number of hydrogen-bond acceptors (Lipinski definition) is 11. The Kier molecular flexibility index (Phi) is 10.8. The van der Waals surface area contributed by atoms with Gasteiger partial charge in [-0.1, -0.05) is 0 Å². The highest BCUT2D eigenvalue weighted by atomic mass is 16.6. The Morgan fingerprint density at radius 3 is 2.70 bits per heavy atom. The first kappa shape index (κ1) is 26.3. The number of aromatic carboxylic acids is 1. The second kappa shape index (κ2) is 13.6. The van der Waals surface area contributed by atoms with Gasteiger partial charge in [0, 0.05) is 38.1 Å². The van der Waals surface area contributed by atoms with Crippen LogP contribution in [-0.4, -0.2) is 74.2 Å². The number of carboxylic acid groups (broad SMARTS) is 1. The van der Waals surface area contributed by atoms with Crippen LogP contribution in [0.3, 0.4) is 0 Å². The summed E-state index contributed by atoms with van der Waals surface area (Å²) in [6, 6.07) is 0. The standard InChI is InChI=1S/C21H28N2O10/c1-29-10-11-31-14-17(25)32-13-16-18(20(26)27)19(15(12-22-16)4-2-3-7-24)33-21(23-28)5-8-30-9-6-21/h7,12H,2-6,8-11,13-14H2,1H3,(H,26,27). The molecule has 12 nitrogen and oxygen atoms in total. The van der Waals surface area contributed by atoms with E-state index in [0.29, 0.717) is 25.0 Å². The fourth-order valence-electron chi connectivity index (χ4n) is 3.15. The Hall–Kier alpha value is -2.96. The maximum absolute atomic E-state index is 12.2. The summed E-state index contributed by atoms with van der Waals surface area (Å²) in [6.45, 7) is 0.186. The van der Waals surface area contributed by atoms with Gasteiger partial charge in [0.2, 0.25) is 5.72 Å². The van der Waals surface area contributed by atoms with Gasteiger partial charge in [-0.15, -0.1) is 4.91 Å². The number of nitroso groups, excluding NO2 is 1. The van der Waals surface area contributed by atoms with E-state index >= 15 is 0 Å². The molecule has 1 aliphatic heterocycles. The number of ether oxygens (including phenoxy) is 5. The van der Waals surface area contributed by atoms with Crippen LogP contribution in [0.5, 0.6) is 5.75 Å². The van der Waals surface area contributed by atoms with E-state index in [1.54, 1.807) is 0 Å². The molecule has 0 bridgehead atoms. The topological polar surface area (TPSA) is 160 Å². The number of aryl methyl sites for hydroxylation is 1. The Morgan fingerprint density at radius 2 is 2.06 bits per heavy atom. The molecular weight excluding hydrogens is 440 g/mol. The molecular formula is C21H28N2O10. The monoisotopic (exact) mass is 468 g/mol. The summed E-state index contributed by atoms with van der Waals surface area (Å²) in [5.74, 6) is -2.16. The molecule has 0 aliphatic carbocycles. The summed E-state index contributed by atoms with van der Waals surface area (Å²) in [5.41, 5.74) is -1.48. The molecule has 2 heterocycles. The van der Waals surface area contributed by atoms with E-state index in [4.69, 9.17) is 23.7 Å². The molecule has 0 aromatic carbocycles. The lowest BCUT2D eigenvalue weighted by Crippen LogP contribution is -2.40. The zero-order valence-corrected chi connectivity index (χ0v) is 18.4. The molecule has 0 radical (unpaired) electrons. The van der Waals surface area contributed by atoms with Crippen LogP contribution in [0.25, 0.3) is 0 Å². The fourth-order valence-corrected chi connectivity index (χ4v) is 3.15. The largest absolute Gasteiger partial charge is 0.477 e. The van der Waals surface area contributed by atoms with Gasteiger partial charge in [-0.3, -0.25) is 4.98 Å². The summed E-state index contributed by atoms with van der Waals surface area (Å²) < 4.78 is 26.2. The zero-order valence-electron chi connectivity index (χ0n) is 18.4. The van der Waals surface area contributed by atoms with Crippen LogP contribution in [0.4, 0.5) is 0 Å². The SMILES string of the molecule is COCCOCC(=O)OCc1ncc(CCCC=O)c(OC2(N=O)CCOCC2)c1C(=O)O. The quantitative estimate of drug-likeness (QED) is 0.172. The number of carbonyl (C=O) groups excluding carboxylic acids is 2. The normalized spacial score (nSPS) is 14.9. The van der Waals surface area contributed by atoms with Gasteiger partial charge >= 0.3 is 11.9 Å². The number of pyridine rings is 1. The minimum atomic E-state index is -1.49. The van der Waals surface area contributed by atoms with Crippen LogP contribution >= 0.6 is 0 Å². The third kappa shape index (κ3) is 7.84. The summed E-state index contributed by atoms with van der Waals surface area (Å²) in [5, 5.41) is 13.0. The lowest BCUT2D eigenvalue weighted by atomic mass is 10.0. The number of aromatic nitrogens is 1. The number of methoxy groups -OCH3 is 1. The van der Waals surface area contributed by atoms with Gasteiger partial charge in [-0.05, 0) is 18.0 Å². The molecule has 1 aromatic heterocycles. The summed E-state index contributed by atoms with van der Waals surface area (Å²) in [6.07, 6.45) is 3.42. The van der Waals surface area contributed by atoms with Gasteiger partial charge in [0.15, 0.2) is 0 Å². The molecule has 33 heavy (non-hydrogen) atoms. The molecule has 1 N–H and O–H groups in total. The predicted molar refractivity (Wildman–Crippen MR) is 112 cm³/mol. The van der Waals surface area contributed by atoms with Gasteiger partial charge in [-0.25, -0.2) is 9.59 Å². The molecule has 0 unspecified atom stereocenters. The summed E-state index contributed by atoms with van der Waals surface area (Å²) in [4.78, 5) is 50.6. The molecule has 0 amide bonds. The van der Waals surface area contributed by atoms with Crippen molar-refractivity contribution in [2.45, 2.75) is 44.4 Å². The van der Waals surface area contributed by atoms with Gasteiger partial charge in [0.1, 0.15) is 30.8 Å². The van der Waals surface area contributed by atoms with Crippen molar-refractivity contribution in [2.24, 2.45) is 5.18 Å². The third-order valence-electron chi connectivity index (χ3n) is 4.92. The number of nitrogens with zero attached hydrogens (tertiary/aromatic N) is 2. The Morgan fingerprint density at radius 1 is 1.30 bits per heavy atom. The second-order valence-electron chi connectivity index (χ2n) is 7.26. The van der Waals surface area contributed by atoms with E-state index < -0.39 is 24.3 Å². The van der Waals surface area contributed by atoms with Crippen LogP contribution < -0.4 is 4.74 Å². The first-order valence-corrected chi connectivity index (χ1v) is 10.5.